The van der Waals surface area contributed by atoms with Gasteiger partial charge in [-0.1, -0.05) is 31.5 Å². The van der Waals surface area contributed by atoms with E-state index in [2.05, 4.69) is 45.1 Å². The number of benzene rings is 2. The molecule has 1 atom stereocenters. The molecule has 4 heterocycles. The Labute approximate surface area is 290 Å². The number of piperidine rings is 2. The molecule has 3 aliphatic rings. The Hall–Kier alpha value is -4.06. The van der Waals surface area contributed by atoms with Crippen molar-refractivity contribution in [3.63, 3.8) is 0 Å². The van der Waals surface area contributed by atoms with E-state index in [-0.39, 0.29) is 11.8 Å². The number of para-hydroxylation sites is 1. The van der Waals surface area contributed by atoms with E-state index in [1.54, 1.807) is 12.0 Å². The second kappa shape index (κ2) is 13.9. The van der Waals surface area contributed by atoms with Crippen molar-refractivity contribution in [1.29, 1.82) is 0 Å². The maximum absolute atomic E-state index is 13.7. The fourth-order valence-corrected chi connectivity index (χ4v) is 7.99. The van der Waals surface area contributed by atoms with Crippen LogP contribution < -0.4 is 4.74 Å². The highest BCUT2D eigenvalue weighted by molar-refractivity contribution is 6.00. The number of likely N-dealkylation sites (tertiary alicyclic amines) is 2. The minimum atomic E-state index is -4.46. The lowest BCUT2D eigenvalue weighted by Gasteiger charge is -2.32. The van der Waals surface area contributed by atoms with Gasteiger partial charge in [-0.05, 0) is 80.0 Å². The van der Waals surface area contributed by atoms with Crippen molar-refractivity contribution in [3.05, 3.63) is 47.5 Å². The number of methoxy groups -OCH3 is 1. The lowest BCUT2D eigenvalue weighted by Crippen LogP contribution is -2.40. The Kier molecular flexibility index (Phi) is 9.58. The van der Waals surface area contributed by atoms with Gasteiger partial charge in [-0.2, -0.15) is 13.2 Å². The van der Waals surface area contributed by atoms with Crippen LogP contribution in [0.15, 0.2) is 36.4 Å². The molecule has 1 saturated carbocycles. The van der Waals surface area contributed by atoms with Gasteiger partial charge in [0.15, 0.2) is 5.82 Å². The van der Waals surface area contributed by atoms with Crippen molar-refractivity contribution in [1.82, 2.24) is 23.9 Å². The summed E-state index contributed by atoms with van der Waals surface area (Å²) in [6.45, 7) is 3.53. The number of amides is 2. The van der Waals surface area contributed by atoms with E-state index in [0.29, 0.717) is 54.6 Å². The molecule has 2 saturated heterocycles. The Morgan fingerprint density at radius 3 is 2.44 bits per heavy atom. The third kappa shape index (κ3) is 6.95. The molecule has 0 unspecified atom stereocenters. The average Bonchev–Trinajstić information content (AvgIpc) is 3.78. The van der Waals surface area contributed by atoms with Gasteiger partial charge in [0, 0.05) is 50.7 Å². The molecule has 7 rings (SSSR count). The predicted octanol–water partition coefficient (Wildman–Crippen LogP) is 7.16. The molecule has 2 aromatic heterocycles. The maximum atomic E-state index is 13.7. The van der Waals surface area contributed by atoms with Gasteiger partial charge in [0.1, 0.15) is 24.5 Å². The molecule has 2 aliphatic heterocycles. The number of aromatic nitrogens is 3. The quantitative estimate of drug-likeness (QED) is 0.176. The van der Waals surface area contributed by atoms with E-state index < -0.39 is 25.3 Å². The van der Waals surface area contributed by atoms with Crippen LogP contribution in [0.2, 0.25) is 0 Å². The zero-order valence-electron chi connectivity index (χ0n) is 29.1. The molecular formula is C38H46F3N5O4. The number of hydrogen-bond acceptors (Lipinski definition) is 5. The van der Waals surface area contributed by atoms with E-state index in [1.165, 1.54) is 18.4 Å². The van der Waals surface area contributed by atoms with Crippen LogP contribution in [-0.2, 0) is 23.1 Å². The normalized spacial score (nSPS) is 19.1. The van der Waals surface area contributed by atoms with E-state index in [1.807, 2.05) is 24.1 Å². The van der Waals surface area contributed by atoms with Crippen LogP contribution in [0.25, 0.3) is 33.5 Å². The van der Waals surface area contributed by atoms with Crippen LogP contribution in [0.5, 0.6) is 5.75 Å². The van der Waals surface area contributed by atoms with E-state index in [4.69, 9.17) is 9.72 Å². The lowest BCUT2D eigenvalue weighted by molar-refractivity contribution is -0.178. The number of halogens is 3. The maximum Gasteiger partial charge on any atom is 0.411 e. The van der Waals surface area contributed by atoms with E-state index >= 15 is 0 Å². The third-order valence-corrected chi connectivity index (χ3v) is 10.9. The van der Waals surface area contributed by atoms with Gasteiger partial charge in [-0.15, -0.1) is 0 Å². The van der Waals surface area contributed by atoms with Crippen molar-refractivity contribution in [3.8, 4) is 17.3 Å². The molecule has 2 aromatic carbocycles. The van der Waals surface area contributed by atoms with Gasteiger partial charge in [-0.3, -0.25) is 9.59 Å². The predicted molar refractivity (Wildman–Crippen MR) is 185 cm³/mol. The van der Waals surface area contributed by atoms with Crippen molar-refractivity contribution in [2.75, 3.05) is 46.5 Å². The van der Waals surface area contributed by atoms with Gasteiger partial charge in [0.2, 0.25) is 5.91 Å². The van der Waals surface area contributed by atoms with Gasteiger partial charge in [0.05, 0.1) is 23.8 Å². The zero-order chi connectivity index (χ0) is 35.2. The molecule has 4 aromatic rings. The topological polar surface area (TPSA) is 81.8 Å². The van der Waals surface area contributed by atoms with Crippen LogP contribution >= 0.6 is 0 Å². The number of alkyl halides is 3. The first-order valence-electron chi connectivity index (χ1n) is 17.9. The largest absolute Gasteiger partial charge is 0.494 e. The fraction of sp³-hybridized carbons (Fsp3) is 0.553. The zero-order valence-corrected chi connectivity index (χ0v) is 29.1. The molecule has 3 fully saturated rings. The average molecular weight is 694 g/mol. The van der Waals surface area contributed by atoms with Crippen molar-refractivity contribution in [2.24, 2.45) is 18.9 Å². The number of hydrogen-bond donors (Lipinski definition) is 0. The number of nitrogens with zero attached hydrogens (tertiary/aromatic N) is 5. The summed E-state index contributed by atoms with van der Waals surface area (Å²) in [5.74, 6) is 2.33. The van der Waals surface area contributed by atoms with Gasteiger partial charge < -0.3 is 28.4 Å². The molecule has 9 nitrogen and oxygen atoms in total. The van der Waals surface area contributed by atoms with Crippen LogP contribution in [0.1, 0.15) is 73.7 Å². The van der Waals surface area contributed by atoms with Crippen molar-refractivity contribution in [2.45, 2.75) is 70.5 Å². The Morgan fingerprint density at radius 1 is 0.960 bits per heavy atom. The minimum Gasteiger partial charge on any atom is -0.494 e. The number of fused-ring (bicyclic) bond motifs is 2. The summed E-state index contributed by atoms with van der Waals surface area (Å²) in [6, 6.07) is 12.3. The smallest absolute Gasteiger partial charge is 0.411 e. The molecule has 2 amide bonds. The molecule has 0 N–H and O–H groups in total. The number of rotatable bonds is 10. The highest BCUT2D eigenvalue weighted by Gasteiger charge is 2.32. The number of imidazole rings is 1. The summed E-state index contributed by atoms with van der Waals surface area (Å²) < 4.78 is 52.5. The Balaban J connectivity index is 1.20. The number of carbonyl (C=O) groups is 2. The molecule has 1 aliphatic carbocycles. The molecule has 0 bridgehead atoms. The summed E-state index contributed by atoms with van der Waals surface area (Å²) in [4.78, 5) is 35.1. The number of ether oxygens (including phenoxy) is 2. The lowest BCUT2D eigenvalue weighted by atomic mass is 9.88. The van der Waals surface area contributed by atoms with Crippen molar-refractivity contribution < 1.29 is 32.2 Å². The van der Waals surface area contributed by atoms with Gasteiger partial charge in [0.25, 0.3) is 5.91 Å². The van der Waals surface area contributed by atoms with Crippen LogP contribution in [0, 0.1) is 11.8 Å². The summed E-state index contributed by atoms with van der Waals surface area (Å²) in [6.07, 6.45) is 2.56. The molecule has 268 valence electrons. The standard InChI is InChI=1S/C38H46F3N5O4/c1-4-24-7-6-14-45(20-24)37(48)28-17-30-35(32(19-28)49-3)43(2)36(42-30)31-18-27-8-5-9-29(34(27)46(31)21-25-10-11-25)26-12-15-44(16-13-26)33(47)22-50-23-38(39,40)41/h5,8-9,17-19,24-26H,4,6-7,10-16,20-23H2,1-3H3/t24-/m1/s1. The third-order valence-electron chi connectivity index (χ3n) is 10.9. The van der Waals surface area contributed by atoms with Crippen LogP contribution in [0.3, 0.4) is 0 Å². The second-order valence-electron chi connectivity index (χ2n) is 14.3. The molecular weight excluding hydrogens is 647 g/mol. The number of carbonyl (C=O) groups excluding carboxylic acids is 2. The first-order chi connectivity index (χ1) is 24.0. The summed E-state index contributed by atoms with van der Waals surface area (Å²) >= 11 is 0. The summed E-state index contributed by atoms with van der Waals surface area (Å²) in [7, 11) is 3.63. The summed E-state index contributed by atoms with van der Waals surface area (Å²) in [5.41, 5.74) is 5.53. The Morgan fingerprint density at radius 2 is 1.74 bits per heavy atom. The summed E-state index contributed by atoms with van der Waals surface area (Å²) in [5, 5.41) is 1.11. The fourth-order valence-electron chi connectivity index (χ4n) is 7.99. The SMILES string of the molecule is CC[C@@H]1CCCN(C(=O)c2cc(OC)c3c(c2)nc(-c2cc4cccc(C5CCN(C(=O)COCC(F)(F)F)CC5)c4n2CC2CC2)n3C)C1. The molecule has 0 radical (unpaired) electrons. The van der Waals surface area contributed by atoms with Gasteiger partial charge in [-0.25, -0.2) is 4.98 Å². The molecule has 0 spiro atoms. The molecule has 12 heteroatoms. The monoisotopic (exact) mass is 693 g/mol. The molecule has 50 heavy (non-hydrogen) atoms. The first kappa shape index (κ1) is 34.4. The van der Waals surface area contributed by atoms with Crippen molar-refractivity contribution >= 4 is 33.8 Å². The first-order valence-corrected chi connectivity index (χ1v) is 17.9. The highest BCUT2D eigenvalue weighted by atomic mass is 19.4. The van der Waals surface area contributed by atoms with E-state index in [9.17, 15) is 22.8 Å². The minimum absolute atomic E-state index is 0.0182. The number of aryl methyl sites for hydroxylation is 1. The van der Waals surface area contributed by atoms with Gasteiger partial charge >= 0.3 is 6.18 Å². The van der Waals surface area contributed by atoms with E-state index in [0.717, 1.165) is 66.8 Å². The Bertz CT molecular complexity index is 1890. The van der Waals surface area contributed by atoms with Crippen LogP contribution in [-0.4, -0.2) is 88.4 Å². The highest BCUT2D eigenvalue weighted by Crippen LogP contribution is 2.41. The van der Waals surface area contributed by atoms with Crippen LogP contribution in [0.4, 0.5) is 13.2 Å². The second-order valence-corrected chi connectivity index (χ2v) is 14.3.